The van der Waals surface area contributed by atoms with Crippen LogP contribution in [0.3, 0.4) is 0 Å². The number of rotatable bonds is 3. The minimum Gasteiger partial charge on any atom is -0.481 e. The van der Waals surface area contributed by atoms with Crippen LogP contribution in [0.25, 0.3) is 0 Å². The summed E-state index contributed by atoms with van der Waals surface area (Å²) >= 11 is 0. The highest BCUT2D eigenvalue weighted by Crippen LogP contribution is 2.43. The van der Waals surface area contributed by atoms with Crippen LogP contribution in [0.15, 0.2) is 22.8 Å². The Bertz CT molecular complexity index is 510. The summed E-state index contributed by atoms with van der Waals surface area (Å²) in [5.41, 5.74) is 0. The van der Waals surface area contributed by atoms with Crippen molar-refractivity contribution in [3.63, 3.8) is 0 Å². The zero-order valence-corrected chi connectivity index (χ0v) is 11.5. The topological polar surface area (TPSA) is 70.8 Å². The Morgan fingerprint density at radius 3 is 2.75 bits per heavy atom. The minimum absolute atomic E-state index is 0.0225. The van der Waals surface area contributed by atoms with Gasteiger partial charge in [-0.2, -0.15) is 0 Å². The second kappa shape index (κ2) is 4.96. The quantitative estimate of drug-likeness (QED) is 0.920. The monoisotopic (exact) mass is 277 g/mol. The molecule has 1 saturated carbocycles. The standard InChI is InChI=1S/C15H19NO4/c1-9-4-5-16(12(7-9)13-3-2-6-20-13)14(17)10-8-11(10)15(18)19/h2-3,6,9-12H,4-5,7-8H2,1H3,(H,18,19)/t9-,10-,11+,12+/m1/s1. The van der Waals surface area contributed by atoms with Gasteiger partial charge in [-0.25, -0.2) is 0 Å². The van der Waals surface area contributed by atoms with Crippen LogP contribution in [0.1, 0.15) is 38.0 Å². The number of hydrogen-bond acceptors (Lipinski definition) is 3. The van der Waals surface area contributed by atoms with Gasteiger partial charge in [-0.3, -0.25) is 9.59 Å². The Balaban J connectivity index is 1.76. The van der Waals surface area contributed by atoms with Crippen molar-refractivity contribution < 1.29 is 19.1 Å². The number of carboxylic acid groups (broad SMARTS) is 1. The van der Waals surface area contributed by atoms with Gasteiger partial charge in [0, 0.05) is 6.54 Å². The van der Waals surface area contributed by atoms with Gasteiger partial charge in [0.05, 0.1) is 24.1 Å². The van der Waals surface area contributed by atoms with E-state index < -0.39 is 11.9 Å². The third-order valence-electron chi connectivity index (χ3n) is 4.44. The number of hydrogen-bond donors (Lipinski definition) is 1. The summed E-state index contributed by atoms with van der Waals surface area (Å²) in [6, 6.07) is 3.68. The zero-order valence-electron chi connectivity index (χ0n) is 11.5. The first-order valence-corrected chi connectivity index (χ1v) is 7.14. The van der Waals surface area contributed by atoms with Crippen LogP contribution >= 0.6 is 0 Å². The van der Waals surface area contributed by atoms with Gasteiger partial charge in [0.15, 0.2) is 0 Å². The van der Waals surface area contributed by atoms with Crippen molar-refractivity contribution in [2.45, 2.75) is 32.2 Å². The van der Waals surface area contributed by atoms with E-state index in [4.69, 9.17) is 9.52 Å². The van der Waals surface area contributed by atoms with Crippen molar-refractivity contribution in [1.82, 2.24) is 4.90 Å². The van der Waals surface area contributed by atoms with Crippen LogP contribution < -0.4 is 0 Å². The van der Waals surface area contributed by atoms with E-state index in [2.05, 4.69) is 6.92 Å². The van der Waals surface area contributed by atoms with Crippen molar-refractivity contribution in [2.24, 2.45) is 17.8 Å². The maximum Gasteiger partial charge on any atom is 0.307 e. The minimum atomic E-state index is -0.858. The van der Waals surface area contributed by atoms with E-state index in [1.54, 1.807) is 6.26 Å². The van der Waals surface area contributed by atoms with E-state index >= 15 is 0 Å². The molecule has 2 fully saturated rings. The van der Waals surface area contributed by atoms with Crippen LogP contribution in [0, 0.1) is 17.8 Å². The molecule has 0 aromatic carbocycles. The Morgan fingerprint density at radius 2 is 2.15 bits per heavy atom. The van der Waals surface area contributed by atoms with Crippen LogP contribution in [0.4, 0.5) is 0 Å². The highest BCUT2D eigenvalue weighted by atomic mass is 16.4. The fourth-order valence-corrected chi connectivity index (χ4v) is 3.11. The smallest absolute Gasteiger partial charge is 0.307 e. The Morgan fingerprint density at radius 1 is 1.35 bits per heavy atom. The second-order valence-electron chi connectivity index (χ2n) is 5.98. The third kappa shape index (κ3) is 2.32. The molecule has 2 aliphatic rings. The maximum atomic E-state index is 12.5. The molecule has 1 aromatic rings. The predicted molar refractivity (Wildman–Crippen MR) is 70.8 cm³/mol. The van der Waals surface area contributed by atoms with Gasteiger partial charge < -0.3 is 14.4 Å². The van der Waals surface area contributed by atoms with Crippen molar-refractivity contribution in [3.05, 3.63) is 24.2 Å². The van der Waals surface area contributed by atoms with E-state index in [-0.39, 0.29) is 17.9 Å². The number of carboxylic acids is 1. The fourth-order valence-electron chi connectivity index (χ4n) is 3.11. The van der Waals surface area contributed by atoms with Gasteiger partial charge in [-0.15, -0.1) is 0 Å². The Hall–Kier alpha value is -1.78. The molecular weight excluding hydrogens is 258 g/mol. The van der Waals surface area contributed by atoms with Crippen LogP contribution in [0.5, 0.6) is 0 Å². The molecule has 0 radical (unpaired) electrons. The largest absolute Gasteiger partial charge is 0.481 e. The lowest BCUT2D eigenvalue weighted by Gasteiger charge is -2.37. The van der Waals surface area contributed by atoms with E-state index in [9.17, 15) is 9.59 Å². The fraction of sp³-hybridized carbons (Fsp3) is 0.600. The van der Waals surface area contributed by atoms with Crippen LogP contribution in [-0.4, -0.2) is 28.4 Å². The number of aliphatic carboxylic acids is 1. The van der Waals surface area contributed by atoms with E-state index in [1.807, 2.05) is 17.0 Å². The summed E-state index contributed by atoms with van der Waals surface area (Å²) in [7, 11) is 0. The van der Waals surface area contributed by atoms with Crippen molar-refractivity contribution >= 4 is 11.9 Å². The first kappa shape index (κ1) is 13.2. The first-order valence-electron chi connectivity index (χ1n) is 7.14. The van der Waals surface area contributed by atoms with Gasteiger partial charge in [-0.05, 0) is 37.3 Å². The SMILES string of the molecule is C[C@@H]1CCN(C(=O)[C@@H]2C[C@@H]2C(=O)O)[C@H](c2ccco2)C1. The third-order valence-corrected chi connectivity index (χ3v) is 4.44. The highest BCUT2D eigenvalue weighted by Gasteiger charge is 2.51. The van der Waals surface area contributed by atoms with E-state index in [0.717, 1.165) is 18.6 Å². The second-order valence-corrected chi connectivity index (χ2v) is 5.98. The summed E-state index contributed by atoms with van der Waals surface area (Å²) in [4.78, 5) is 25.3. The van der Waals surface area contributed by atoms with E-state index in [1.165, 1.54) is 0 Å². The molecule has 1 N–H and O–H groups in total. The molecule has 1 saturated heterocycles. The lowest BCUT2D eigenvalue weighted by molar-refractivity contribution is -0.143. The molecule has 4 atom stereocenters. The number of piperidine rings is 1. The summed E-state index contributed by atoms with van der Waals surface area (Å²) in [6.45, 7) is 2.86. The lowest BCUT2D eigenvalue weighted by Crippen LogP contribution is -2.41. The molecule has 5 nitrogen and oxygen atoms in total. The number of amides is 1. The molecule has 1 amide bonds. The Kier molecular flexibility index (Phi) is 3.28. The summed E-state index contributed by atoms with van der Waals surface area (Å²) < 4.78 is 5.47. The molecule has 0 spiro atoms. The number of furan rings is 1. The molecule has 20 heavy (non-hydrogen) atoms. The van der Waals surface area contributed by atoms with Crippen LogP contribution in [-0.2, 0) is 9.59 Å². The van der Waals surface area contributed by atoms with Crippen LogP contribution in [0.2, 0.25) is 0 Å². The van der Waals surface area contributed by atoms with Crippen molar-refractivity contribution in [2.75, 3.05) is 6.54 Å². The zero-order chi connectivity index (χ0) is 14.3. The van der Waals surface area contributed by atoms with E-state index in [0.29, 0.717) is 18.9 Å². The molecule has 3 rings (SSSR count). The summed E-state index contributed by atoms with van der Waals surface area (Å²) in [5.74, 6) is -0.354. The summed E-state index contributed by atoms with van der Waals surface area (Å²) in [6.07, 6.45) is 3.94. The van der Waals surface area contributed by atoms with Gasteiger partial charge in [0.1, 0.15) is 5.76 Å². The first-order chi connectivity index (χ1) is 9.58. The normalized spacial score (nSPS) is 33.0. The average Bonchev–Trinajstić information content (AvgIpc) is 3.05. The number of carbonyl (C=O) groups is 2. The van der Waals surface area contributed by atoms with Crippen molar-refractivity contribution in [3.8, 4) is 0 Å². The molecule has 2 heterocycles. The molecule has 1 aliphatic heterocycles. The van der Waals surface area contributed by atoms with Crippen molar-refractivity contribution in [1.29, 1.82) is 0 Å². The molecule has 1 aromatic heterocycles. The summed E-state index contributed by atoms with van der Waals surface area (Å²) in [5, 5.41) is 8.97. The molecule has 0 bridgehead atoms. The molecule has 5 heteroatoms. The number of carbonyl (C=O) groups excluding carboxylic acids is 1. The molecule has 1 aliphatic carbocycles. The van der Waals surface area contributed by atoms with Gasteiger partial charge in [-0.1, -0.05) is 6.92 Å². The van der Waals surface area contributed by atoms with Gasteiger partial charge >= 0.3 is 5.97 Å². The van der Waals surface area contributed by atoms with Gasteiger partial charge in [0.2, 0.25) is 5.91 Å². The predicted octanol–water partition coefficient (Wildman–Crippen LogP) is 2.30. The Labute approximate surface area is 117 Å². The average molecular weight is 277 g/mol. The number of nitrogens with zero attached hydrogens (tertiary/aromatic N) is 1. The highest BCUT2D eigenvalue weighted by molar-refractivity contribution is 5.89. The molecule has 108 valence electrons. The number of likely N-dealkylation sites (tertiary alicyclic amines) is 1. The molecular formula is C15H19NO4. The molecule has 0 unspecified atom stereocenters. The maximum absolute atomic E-state index is 12.5. The lowest BCUT2D eigenvalue weighted by atomic mass is 9.90. The van der Waals surface area contributed by atoms with Gasteiger partial charge in [0.25, 0.3) is 0 Å².